The summed E-state index contributed by atoms with van der Waals surface area (Å²) in [6.07, 6.45) is 3.88. The van der Waals surface area contributed by atoms with Crippen molar-refractivity contribution < 1.29 is 9.52 Å². The van der Waals surface area contributed by atoms with Gasteiger partial charge < -0.3 is 14.8 Å². The third-order valence-corrected chi connectivity index (χ3v) is 4.63. The molecule has 2 bridgehead atoms. The second-order valence-electron chi connectivity index (χ2n) is 6.23. The lowest BCUT2D eigenvalue weighted by molar-refractivity contribution is -0.0285. The van der Waals surface area contributed by atoms with E-state index in [2.05, 4.69) is 18.3 Å². The van der Waals surface area contributed by atoms with Gasteiger partial charge in [-0.25, -0.2) is 0 Å². The highest BCUT2D eigenvalue weighted by molar-refractivity contribution is 5.78. The molecule has 4 rings (SSSR count). The van der Waals surface area contributed by atoms with Crippen molar-refractivity contribution in [3.05, 3.63) is 35.6 Å². The Morgan fingerprint density at radius 1 is 1.21 bits per heavy atom. The van der Waals surface area contributed by atoms with Crippen LogP contribution in [0.4, 0.5) is 0 Å². The lowest BCUT2D eigenvalue weighted by Crippen LogP contribution is -2.46. The summed E-state index contributed by atoms with van der Waals surface area (Å²) < 4.78 is 5.91. The highest BCUT2D eigenvalue weighted by atomic mass is 16.4. The number of aliphatic hydroxyl groups is 1. The summed E-state index contributed by atoms with van der Waals surface area (Å²) in [5.41, 5.74) is 1.31. The van der Waals surface area contributed by atoms with Gasteiger partial charge in [0.2, 0.25) is 0 Å². The lowest BCUT2D eigenvalue weighted by atomic mass is 9.85. The first-order valence-electron chi connectivity index (χ1n) is 7.11. The van der Waals surface area contributed by atoms with Crippen molar-refractivity contribution in [2.45, 2.75) is 50.3 Å². The number of hydrogen-bond donors (Lipinski definition) is 2. The number of benzene rings is 1. The summed E-state index contributed by atoms with van der Waals surface area (Å²) in [6, 6.07) is 9.06. The van der Waals surface area contributed by atoms with E-state index in [1.807, 2.05) is 18.2 Å². The van der Waals surface area contributed by atoms with Gasteiger partial charge in [0.25, 0.3) is 0 Å². The Bertz CT molecular complexity index is 619. The van der Waals surface area contributed by atoms with Crippen LogP contribution in [0.2, 0.25) is 0 Å². The molecule has 2 N–H and O–H groups in total. The minimum atomic E-state index is -0.788. The number of aryl methyl sites for hydroxylation is 1. The van der Waals surface area contributed by atoms with Crippen molar-refractivity contribution in [2.75, 3.05) is 0 Å². The fourth-order valence-electron chi connectivity index (χ4n) is 3.72. The number of nitrogens with one attached hydrogen (secondary N) is 1. The van der Waals surface area contributed by atoms with Gasteiger partial charge >= 0.3 is 0 Å². The van der Waals surface area contributed by atoms with E-state index in [0.29, 0.717) is 12.1 Å². The quantitative estimate of drug-likeness (QED) is 0.825. The smallest absolute Gasteiger partial charge is 0.137 e. The molecule has 1 aromatic carbocycles. The van der Waals surface area contributed by atoms with Crippen LogP contribution in [0.3, 0.4) is 0 Å². The molecule has 3 heteroatoms. The molecule has 2 fully saturated rings. The van der Waals surface area contributed by atoms with Gasteiger partial charge in [-0.05, 0) is 50.8 Å². The van der Waals surface area contributed by atoms with Crippen molar-refractivity contribution in [3.63, 3.8) is 0 Å². The highest BCUT2D eigenvalue weighted by Crippen LogP contribution is 2.42. The van der Waals surface area contributed by atoms with Crippen LogP contribution in [0.25, 0.3) is 11.0 Å². The first-order valence-corrected chi connectivity index (χ1v) is 7.11. The Balaban J connectivity index is 1.76. The Hall–Kier alpha value is -1.32. The summed E-state index contributed by atoms with van der Waals surface area (Å²) in [7, 11) is 0. The van der Waals surface area contributed by atoms with Gasteiger partial charge in [0.1, 0.15) is 16.9 Å². The van der Waals surface area contributed by atoms with Gasteiger partial charge in [0.05, 0.1) is 0 Å². The van der Waals surface area contributed by atoms with E-state index >= 15 is 0 Å². The molecular weight excluding hydrogens is 238 g/mol. The second-order valence-corrected chi connectivity index (χ2v) is 6.23. The normalized spacial score (nSPS) is 34.0. The molecule has 19 heavy (non-hydrogen) atoms. The molecule has 0 saturated carbocycles. The predicted molar refractivity (Wildman–Crippen MR) is 74.0 cm³/mol. The predicted octanol–water partition coefficient (Wildman–Crippen LogP) is 2.84. The standard InChI is InChI=1S/C16H19NO2/c1-10-2-5-14-11(6-10)7-15(19-14)16(18)8-12-3-4-13(9-16)17-12/h2,5-7,12-13,17-18H,3-4,8-9H2,1H3. The number of fused-ring (bicyclic) bond motifs is 3. The molecule has 3 heterocycles. The van der Waals surface area contributed by atoms with Gasteiger partial charge in [-0.1, -0.05) is 11.6 Å². The van der Waals surface area contributed by atoms with Crippen LogP contribution in [-0.4, -0.2) is 17.2 Å². The Morgan fingerprint density at radius 2 is 1.95 bits per heavy atom. The van der Waals surface area contributed by atoms with E-state index in [9.17, 15) is 5.11 Å². The van der Waals surface area contributed by atoms with E-state index in [1.54, 1.807) is 0 Å². The average Bonchev–Trinajstić information content (AvgIpc) is 2.93. The fourth-order valence-corrected chi connectivity index (χ4v) is 3.72. The summed E-state index contributed by atoms with van der Waals surface area (Å²) in [5, 5.41) is 15.6. The average molecular weight is 257 g/mol. The molecule has 2 aliphatic rings. The zero-order valence-corrected chi connectivity index (χ0v) is 11.1. The summed E-state index contributed by atoms with van der Waals surface area (Å²) in [6.45, 7) is 2.07. The minimum absolute atomic E-state index is 0.443. The second kappa shape index (κ2) is 3.84. The Labute approximate surface area is 112 Å². The minimum Gasteiger partial charge on any atom is -0.458 e. The van der Waals surface area contributed by atoms with Crippen LogP contribution in [0, 0.1) is 6.92 Å². The molecule has 2 aliphatic heterocycles. The first kappa shape index (κ1) is 11.5. The van der Waals surface area contributed by atoms with Gasteiger partial charge in [-0.3, -0.25) is 0 Å². The largest absolute Gasteiger partial charge is 0.458 e. The molecule has 100 valence electrons. The van der Waals surface area contributed by atoms with Crippen molar-refractivity contribution in [1.29, 1.82) is 0 Å². The van der Waals surface area contributed by atoms with Crippen molar-refractivity contribution in [1.82, 2.24) is 5.32 Å². The van der Waals surface area contributed by atoms with Crippen LogP contribution >= 0.6 is 0 Å². The maximum absolute atomic E-state index is 11.0. The Morgan fingerprint density at radius 3 is 2.68 bits per heavy atom. The first-order chi connectivity index (χ1) is 9.12. The van der Waals surface area contributed by atoms with Crippen molar-refractivity contribution in [3.8, 4) is 0 Å². The van der Waals surface area contributed by atoms with Crippen LogP contribution in [-0.2, 0) is 5.60 Å². The van der Waals surface area contributed by atoms with Gasteiger partial charge in [-0.15, -0.1) is 0 Å². The fraction of sp³-hybridized carbons (Fsp3) is 0.500. The number of furan rings is 1. The summed E-state index contributed by atoms with van der Waals surface area (Å²) >= 11 is 0. The van der Waals surface area contributed by atoms with Crippen molar-refractivity contribution in [2.24, 2.45) is 0 Å². The molecule has 2 saturated heterocycles. The van der Waals surface area contributed by atoms with E-state index in [-0.39, 0.29) is 0 Å². The van der Waals surface area contributed by atoms with E-state index in [4.69, 9.17) is 4.42 Å². The molecule has 0 spiro atoms. The van der Waals surface area contributed by atoms with E-state index in [1.165, 1.54) is 18.4 Å². The maximum Gasteiger partial charge on any atom is 0.137 e. The summed E-state index contributed by atoms with van der Waals surface area (Å²) in [5.74, 6) is 0.742. The molecule has 0 amide bonds. The zero-order valence-electron chi connectivity index (χ0n) is 11.1. The van der Waals surface area contributed by atoms with E-state index < -0.39 is 5.60 Å². The molecule has 1 aromatic heterocycles. The third kappa shape index (κ3) is 1.80. The van der Waals surface area contributed by atoms with Gasteiger partial charge in [0.15, 0.2) is 0 Å². The molecule has 2 unspecified atom stereocenters. The number of hydrogen-bond acceptors (Lipinski definition) is 3. The van der Waals surface area contributed by atoms with Crippen molar-refractivity contribution >= 4 is 11.0 Å². The zero-order chi connectivity index (χ0) is 13.0. The topological polar surface area (TPSA) is 45.4 Å². The molecule has 2 atom stereocenters. The van der Waals surface area contributed by atoms with Crippen LogP contribution in [0.15, 0.2) is 28.7 Å². The third-order valence-electron chi connectivity index (χ3n) is 4.63. The molecule has 0 radical (unpaired) electrons. The van der Waals surface area contributed by atoms with Crippen LogP contribution < -0.4 is 5.32 Å². The van der Waals surface area contributed by atoms with Crippen LogP contribution in [0.5, 0.6) is 0 Å². The SMILES string of the molecule is Cc1ccc2oc(C3(O)CC4CCC(C3)N4)cc2c1. The lowest BCUT2D eigenvalue weighted by Gasteiger charge is -2.35. The van der Waals surface area contributed by atoms with Gasteiger partial charge in [-0.2, -0.15) is 0 Å². The monoisotopic (exact) mass is 257 g/mol. The molecule has 3 nitrogen and oxygen atoms in total. The van der Waals surface area contributed by atoms with E-state index in [0.717, 1.165) is 29.6 Å². The molecular formula is C16H19NO2. The Kier molecular flexibility index (Phi) is 2.32. The maximum atomic E-state index is 11.0. The van der Waals surface area contributed by atoms with Crippen LogP contribution in [0.1, 0.15) is 37.0 Å². The number of rotatable bonds is 1. The number of piperidine rings is 1. The highest BCUT2D eigenvalue weighted by Gasteiger charge is 2.45. The molecule has 0 aliphatic carbocycles. The molecule has 2 aromatic rings. The van der Waals surface area contributed by atoms with Gasteiger partial charge in [0, 0.05) is 17.5 Å². The summed E-state index contributed by atoms with van der Waals surface area (Å²) in [4.78, 5) is 0.